The Balaban J connectivity index is 1.22. The monoisotopic (exact) mass is 562 g/mol. The van der Waals surface area contributed by atoms with Crippen molar-refractivity contribution in [3.63, 3.8) is 0 Å². The van der Waals surface area contributed by atoms with Gasteiger partial charge in [-0.15, -0.1) is 11.3 Å². The molecule has 0 amide bonds. The van der Waals surface area contributed by atoms with E-state index in [0.717, 1.165) is 63.7 Å². The maximum atomic E-state index is 14.4. The first kappa shape index (κ1) is 25.8. The fraction of sp³-hybridized carbons (Fsp3) is 0.655. The van der Waals surface area contributed by atoms with Crippen LogP contribution in [0.15, 0.2) is 0 Å². The molecule has 11 heteroatoms. The van der Waals surface area contributed by atoms with E-state index < -0.39 is 6.17 Å². The Morgan fingerprint density at radius 2 is 1.85 bits per heavy atom. The number of anilines is 3. The first-order chi connectivity index (χ1) is 19.4. The minimum absolute atomic E-state index is 0.133. The van der Waals surface area contributed by atoms with Crippen LogP contribution in [0, 0.1) is 17.9 Å². The highest BCUT2D eigenvalue weighted by Gasteiger charge is 2.53. The molecule has 0 bridgehead atoms. The predicted molar refractivity (Wildman–Crippen MR) is 153 cm³/mol. The van der Waals surface area contributed by atoms with Crippen LogP contribution in [0.1, 0.15) is 67.4 Å². The number of alkyl halides is 1. The zero-order valence-corrected chi connectivity index (χ0v) is 23.6. The van der Waals surface area contributed by atoms with Gasteiger partial charge in [0.2, 0.25) is 0 Å². The molecule has 0 unspecified atom stereocenters. The molecule has 4 fully saturated rings. The number of nitriles is 1. The summed E-state index contributed by atoms with van der Waals surface area (Å²) in [4.78, 5) is 21.5. The number of nitrogens with zero attached hydrogens (tertiary/aromatic N) is 7. The second-order valence-corrected chi connectivity index (χ2v) is 13.4. The van der Waals surface area contributed by atoms with Gasteiger partial charge in [-0.05, 0) is 50.6 Å². The smallest absolute Gasteiger partial charge is 0.317 e. The highest BCUT2D eigenvalue weighted by molar-refractivity contribution is 7.16. The average molecular weight is 563 g/mol. The summed E-state index contributed by atoms with van der Waals surface area (Å²) in [7, 11) is 0. The molecular weight excluding hydrogens is 527 g/mol. The van der Waals surface area contributed by atoms with Crippen molar-refractivity contribution >= 4 is 33.7 Å². The standard InChI is InChI=1S/C29H35FN8OS/c1-33-23-25(36-10-4-2-3-5-11-36)34-27(39-18-29-8-6-12-38(29)15-19(30)13-29)35-26(23)37-16-28(17-37)9-7-21-22(28)20(14-31)24(32)40-21/h19H,2-13,15-18,32H2/t19-,29+/m1/s1. The van der Waals surface area contributed by atoms with Crippen molar-refractivity contribution in [1.29, 1.82) is 5.26 Å². The van der Waals surface area contributed by atoms with E-state index in [9.17, 15) is 9.65 Å². The van der Waals surface area contributed by atoms with E-state index in [0.29, 0.717) is 60.5 Å². The number of aromatic nitrogens is 2. The second-order valence-electron chi connectivity index (χ2n) is 12.3. The molecule has 0 aromatic carbocycles. The Bertz CT molecular complexity index is 1400. The Morgan fingerprint density at radius 1 is 1.10 bits per heavy atom. The molecule has 0 radical (unpaired) electrons. The number of nitrogens with two attached hydrogens (primary N) is 1. The average Bonchev–Trinajstić information content (AvgIpc) is 3.58. The molecule has 0 saturated carbocycles. The van der Waals surface area contributed by atoms with E-state index in [2.05, 4.69) is 25.6 Å². The van der Waals surface area contributed by atoms with Crippen molar-refractivity contribution < 1.29 is 9.13 Å². The number of nitrogen functional groups attached to an aromatic ring is 1. The second kappa shape index (κ2) is 9.74. The van der Waals surface area contributed by atoms with Crippen LogP contribution in [0.25, 0.3) is 4.85 Å². The maximum Gasteiger partial charge on any atom is 0.317 e. The fourth-order valence-corrected chi connectivity index (χ4v) is 9.06. The summed E-state index contributed by atoms with van der Waals surface area (Å²) in [6.07, 6.45) is 8.02. The van der Waals surface area contributed by atoms with Crippen molar-refractivity contribution in [1.82, 2.24) is 14.9 Å². The van der Waals surface area contributed by atoms with Gasteiger partial charge in [0, 0.05) is 49.4 Å². The number of halogens is 1. The van der Waals surface area contributed by atoms with Crippen molar-refractivity contribution in [3.8, 4) is 12.1 Å². The van der Waals surface area contributed by atoms with Crippen molar-refractivity contribution in [3.05, 3.63) is 27.4 Å². The summed E-state index contributed by atoms with van der Waals surface area (Å²) in [5.41, 5.74) is 7.97. The van der Waals surface area contributed by atoms with Crippen LogP contribution in [0.2, 0.25) is 0 Å². The summed E-state index contributed by atoms with van der Waals surface area (Å²) in [6, 6.07) is 2.62. The van der Waals surface area contributed by atoms with Crippen LogP contribution in [0.3, 0.4) is 0 Å². The quantitative estimate of drug-likeness (QED) is 0.529. The molecule has 4 aliphatic heterocycles. The third-order valence-corrected chi connectivity index (χ3v) is 10.9. The van der Waals surface area contributed by atoms with E-state index in [1.54, 1.807) is 11.3 Å². The molecule has 2 atom stereocenters. The Hall–Kier alpha value is -3.15. The molecule has 2 aromatic rings. The number of hydrogen-bond acceptors (Lipinski definition) is 9. The molecule has 7 rings (SSSR count). The summed E-state index contributed by atoms with van der Waals surface area (Å²) in [6.45, 7) is 13.0. The summed E-state index contributed by atoms with van der Waals surface area (Å²) >= 11 is 1.54. The van der Waals surface area contributed by atoms with Gasteiger partial charge in [-0.2, -0.15) is 15.2 Å². The first-order valence-electron chi connectivity index (χ1n) is 14.6. The lowest BCUT2D eigenvalue weighted by Gasteiger charge is -2.50. The molecule has 2 aromatic heterocycles. The van der Waals surface area contributed by atoms with Gasteiger partial charge >= 0.3 is 6.01 Å². The molecule has 6 heterocycles. The molecule has 210 valence electrons. The van der Waals surface area contributed by atoms with Crippen molar-refractivity contribution in [2.24, 2.45) is 0 Å². The lowest BCUT2D eigenvalue weighted by molar-refractivity contribution is 0.107. The zero-order valence-electron chi connectivity index (χ0n) is 22.8. The number of rotatable bonds is 5. The maximum absolute atomic E-state index is 14.4. The SMILES string of the molecule is [C-]#[N+]c1c(N2CCCCCC2)nc(OC[C@@]23CCCN2C[C@H](F)C3)nc1N1CC2(CCc3sc(N)c(C#N)c32)C1. The van der Waals surface area contributed by atoms with Gasteiger partial charge < -0.3 is 20.3 Å². The van der Waals surface area contributed by atoms with Crippen molar-refractivity contribution in [2.45, 2.75) is 74.9 Å². The van der Waals surface area contributed by atoms with Crippen LogP contribution in [0.4, 0.5) is 26.7 Å². The zero-order chi connectivity index (χ0) is 27.5. The van der Waals surface area contributed by atoms with Gasteiger partial charge in [-0.25, -0.2) is 9.24 Å². The van der Waals surface area contributed by atoms with E-state index >= 15 is 0 Å². The largest absolute Gasteiger partial charge is 0.461 e. The van der Waals surface area contributed by atoms with Gasteiger partial charge in [-0.3, -0.25) is 4.90 Å². The third-order valence-electron chi connectivity index (χ3n) is 9.84. The van der Waals surface area contributed by atoms with Crippen LogP contribution in [-0.4, -0.2) is 72.5 Å². The molecule has 1 spiro atoms. The normalized spacial score (nSPS) is 27.1. The highest BCUT2D eigenvalue weighted by Crippen LogP contribution is 2.54. The van der Waals surface area contributed by atoms with Crippen LogP contribution in [-0.2, 0) is 11.8 Å². The summed E-state index contributed by atoms with van der Waals surface area (Å²) in [5.74, 6) is 1.26. The molecule has 2 N–H and O–H groups in total. The summed E-state index contributed by atoms with van der Waals surface area (Å²) < 4.78 is 20.7. The molecule has 5 aliphatic rings. The number of hydrogen-bond donors (Lipinski definition) is 1. The molecular formula is C29H35FN8OS. The van der Waals surface area contributed by atoms with Crippen LogP contribution in [0.5, 0.6) is 6.01 Å². The lowest BCUT2D eigenvalue weighted by atomic mass is 9.74. The number of thiophene rings is 1. The van der Waals surface area contributed by atoms with Gasteiger partial charge in [-0.1, -0.05) is 12.8 Å². The van der Waals surface area contributed by atoms with Gasteiger partial charge in [0.1, 0.15) is 35.5 Å². The topological polar surface area (TPSA) is 98.9 Å². The number of aryl methyl sites for hydroxylation is 1. The Labute approximate surface area is 238 Å². The molecule has 9 nitrogen and oxygen atoms in total. The first-order valence-corrected chi connectivity index (χ1v) is 15.4. The van der Waals surface area contributed by atoms with Crippen molar-refractivity contribution in [2.75, 3.05) is 61.4 Å². The number of ether oxygens (including phenoxy) is 1. The highest BCUT2D eigenvalue weighted by atomic mass is 32.1. The molecule has 4 saturated heterocycles. The fourth-order valence-electron chi connectivity index (χ4n) is 7.92. The van der Waals surface area contributed by atoms with E-state index in [-0.39, 0.29) is 17.0 Å². The van der Waals surface area contributed by atoms with Gasteiger partial charge in [0.25, 0.3) is 5.69 Å². The van der Waals surface area contributed by atoms with Gasteiger partial charge in [0.15, 0.2) is 0 Å². The number of fused-ring (bicyclic) bond motifs is 3. The van der Waals surface area contributed by atoms with Crippen LogP contribution >= 0.6 is 11.3 Å². The minimum Gasteiger partial charge on any atom is -0.461 e. The lowest BCUT2D eigenvalue weighted by Crippen LogP contribution is -2.59. The van der Waals surface area contributed by atoms with E-state index in [1.807, 2.05) is 0 Å². The predicted octanol–water partition coefficient (Wildman–Crippen LogP) is 4.58. The summed E-state index contributed by atoms with van der Waals surface area (Å²) in [5, 5.41) is 10.4. The van der Waals surface area contributed by atoms with E-state index in [4.69, 9.17) is 27.0 Å². The molecule has 1 aliphatic carbocycles. The molecule has 40 heavy (non-hydrogen) atoms. The van der Waals surface area contributed by atoms with E-state index in [1.165, 1.54) is 17.7 Å². The van der Waals surface area contributed by atoms with Crippen LogP contribution < -0.4 is 20.3 Å². The Kier molecular flexibility index (Phi) is 6.28. The van der Waals surface area contributed by atoms with Gasteiger partial charge in [0.05, 0.1) is 17.7 Å². The third kappa shape index (κ3) is 4.01. The Morgan fingerprint density at radius 3 is 2.58 bits per heavy atom. The minimum atomic E-state index is -0.824.